The third kappa shape index (κ3) is 5.47. The average molecular weight is 428 g/mol. The van der Waals surface area contributed by atoms with Crippen LogP contribution in [0.3, 0.4) is 0 Å². The average Bonchev–Trinajstić information content (AvgIpc) is 3.19. The van der Waals surface area contributed by atoms with Crippen LogP contribution in [0.25, 0.3) is 11.0 Å². The van der Waals surface area contributed by atoms with Crippen LogP contribution in [0.5, 0.6) is 0 Å². The number of aromatic nitrogens is 4. The molecular weight excluding hydrogens is 402 g/mol. The number of hydrogen-bond acceptors (Lipinski definition) is 7. The van der Waals surface area contributed by atoms with E-state index < -0.39 is 0 Å². The lowest BCUT2D eigenvalue weighted by molar-refractivity contribution is -0.120. The molecule has 0 bridgehead atoms. The molecule has 158 valence electrons. The summed E-state index contributed by atoms with van der Waals surface area (Å²) in [4.78, 5) is 33.1. The smallest absolute Gasteiger partial charge is 0.251 e. The second-order valence-electron chi connectivity index (χ2n) is 6.49. The van der Waals surface area contributed by atoms with Crippen LogP contribution in [-0.4, -0.2) is 57.5 Å². The van der Waals surface area contributed by atoms with Gasteiger partial charge in [-0.15, -0.1) is 0 Å². The Morgan fingerprint density at radius 1 is 1.10 bits per heavy atom. The minimum absolute atomic E-state index is 0.0859. The van der Waals surface area contributed by atoms with Crippen molar-refractivity contribution in [1.29, 1.82) is 0 Å². The molecule has 0 spiro atoms. The van der Waals surface area contributed by atoms with Gasteiger partial charge in [0.1, 0.15) is 5.82 Å². The number of amides is 2. The summed E-state index contributed by atoms with van der Waals surface area (Å²) in [5.74, 6) is 0.225. The highest BCUT2D eigenvalue weighted by Gasteiger charge is 2.13. The first-order chi connectivity index (χ1) is 14.6. The molecule has 0 saturated carbocycles. The van der Waals surface area contributed by atoms with E-state index >= 15 is 0 Å². The van der Waals surface area contributed by atoms with Gasteiger partial charge in [-0.2, -0.15) is 5.10 Å². The van der Waals surface area contributed by atoms with Crippen molar-refractivity contribution in [2.45, 2.75) is 25.0 Å². The summed E-state index contributed by atoms with van der Waals surface area (Å²) in [5.41, 5.74) is 1.24. The summed E-state index contributed by atoms with van der Waals surface area (Å²) in [5, 5.41) is 14.6. The monoisotopic (exact) mass is 427 g/mol. The lowest BCUT2D eigenvalue weighted by atomic mass is 10.2. The van der Waals surface area contributed by atoms with E-state index in [4.69, 9.17) is 0 Å². The van der Waals surface area contributed by atoms with E-state index in [2.05, 4.69) is 37.9 Å². The maximum Gasteiger partial charge on any atom is 0.251 e. The minimum Gasteiger partial charge on any atom is -0.369 e. The number of rotatable bonds is 10. The number of benzene rings is 1. The first-order valence-electron chi connectivity index (χ1n) is 9.73. The summed E-state index contributed by atoms with van der Waals surface area (Å²) < 4.78 is 1.75. The minimum atomic E-state index is -0.280. The molecule has 0 unspecified atom stereocenters. The topological polar surface area (TPSA) is 114 Å². The molecule has 0 saturated heterocycles. The van der Waals surface area contributed by atoms with Gasteiger partial charge in [-0.1, -0.05) is 36.9 Å². The molecule has 0 aliphatic heterocycles. The van der Waals surface area contributed by atoms with Crippen LogP contribution in [-0.2, 0) is 11.3 Å². The maximum atomic E-state index is 12.0. The number of nitrogens with zero attached hydrogens (tertiary/aromatic N) is 4. The highest BCUT2D eigenvalue weighted by molar-refractivity contribution is 7.98. The fourth-order valence-electron chi connectivity index (χ4n) is 2.78. The largest absolute Gasteiger partial charge is 0.369 e. The number of hydrogen-bond donors (Lipinski definition) is 3. The van der Waals surface area contributed by atoms with Crippen molar-refractivity contribution in [2.24, 2.45) is 0 Å². The Morgan fingerprint density at radius 2 is 1.90 bits per heavy atom. The molecule has 0 atom stereocenters. The van der Waals surface area contributed by atoms with Crippen LogP contribution in [0.1, 0.15) is 23.7 Å². The summed E-state index contributed by atoms with van der Waals surface area (Å²) in [6.45, 7) is 3.65. The van der Waals surface area contributed by atoms with E-state index in [1.165, 1.54) is 11.8 Å². The van der Waals surface area contributed by atoms with Gasteiger partial charge in [0.15, 0.2) is 10.8 Å². The molecular formula is C20H25N7O2S. The normalized spacial score (nSPS) is 10.7. The van der Waals surface area contributed by atoms with Crippen molar-refractivity contribution in [3.05, 3.63) is 42.1 Å². The van der Waals surface area contributed by atoms with Crippen LogP contribution in [0, 0.1) is 0 Å². The van der Waals surface area contributed by atoms with Crippen LogP contribution in [0.4, 0.5) is 5.82 Å². The molecule has 9 nitrogen and oxygen atoms in total. The molecule has 2 aromatic heterocycles. The van der Waals surface area contributed by atoms with Gasteiger partial charge in [0.05, 0.1) is 24.7 Å². The molecule has 3 rings (SSSR count). The van der Waals surface area contributed by atoms with Crippen molar-refractivity contribution < 1.29 is 9.59 Å². The van der Waals surface area contributed by atoms with E-state index in [1.54, 1.807) is 35.1 Å². The number of carbonyl (C=O) groups excluding carboxylic acids is 2. The Labute approximate surface area is 179 Å². The predicted octanol–water partition coefficient (Wildman–Crippen LogP) is 1.92. The van der Waals surface area contributed by atoms with Gasteiger partial charge in [0.25, 0.3) is 5.91 Å². The Hall–Kier alpha value is -3.14. The van der Waals surface area contributed by atoms with Crippen LogP contribution < -0.4 is 16.0 Å². The lowest BCUT2D eigenvalue weighted by Crippen LogP contribution is -2.38. The van der Waals surface area contributed by atoms with Gasteiger partial charge < -0.3 is 16.0 Å². The summed E-state index contributed by atoms with van der Waals surface area (Å²) in [6, 6.07) is 8.78. The Bertz CT molecular complexity index is 1010. The van der Waals surface area contributed by atoms with Crippen molar-refractivity contribution >= 4 is 40.4 Å². The van der Waals surface area contributed by atoms with Gasteiger partial charge in [-0.05, 0) is 24.8 Å². The Kier molecular flexibility index (Phi) is 7.61. The van der Waals surface area contributed by atoms with Gasteiger partial charge >= 0.3 is 0 Å². The quantitative estimate of drug-likeness (QED) is 0.335. The fraction of sp³-hybridized carbons (Fsp3) is 0.350. The van der Waals surface area contributed by atoms with Gasteiger partial charge in [-0.25, -0.2) is 14.6 Å². The molecule has 3 aromatic rings. The molecule has 3 N–H and O–H groups in total. The molecule has 1 aromatic carbocycles. The number of carbonyl (C=O) groups is 2. The summed E-state index contributed by atoms with van der Waals surface area (Å²) in [7, 11) is 0. The summed E-state index contributed by atoms with van der Waals surface area (Å²) in [6.07, 6.45) is 4.65. The predicted molar refractivity (Wildman–Crippen MR) is 118 cm³/mol. The zero-order valence-corrected chi connectivity index (χ0v) is 17.8. The van der Waals surface area contributed by atoms with Crippen molar-refractivity contribution in [1.82, 2.24) is 30.4 Å². The third-order valence-electron chi connectivity index (χ3n) is 4.29. The Balaban J connectivity index is 1.55. The molecule has 2 amide bonds. The fourth-order valence-corrected chi connectivity index (χ4v) is 3.14. The third-order valence-corrected chi connectivity index (χ3v) is 4.84. The standard InChI is InChI=1S/C20H25N7O2S/c1-3-9-22-17-15-12-24-27(18(15)26-20(25-17)30-2)11-10-21-16(28)13-23-19(29)14-7-5-4-6-8-14/h4-8,12H,3,9-11,13H2,1-2H3,(H,21,28)(H,23,29)(H,22,25,26). The van der Waals surface area contributed by atoms with Crippen LogP contribution in [0.15, 0.2) is 41.7 Å². The van der Waals surface area contributed by atoms with Crippen molar-refractivity contribution in [3.63, 3.8) is 0 Å². The van der Waals surface area contributed by atoms with Gasteiger partial charge in [0, 0.05) is 18.7 Å². The van der Waals surface area contributed by atoms with E-state index in [0.29, 0.717) is 23.8 Å². The van der Waals surface area contributed by atoms with E-state index in [1.807, 2.05) is 12.3 Å². The number of anilines is 1. The number of thioether (sulfide) groups is 1. The first kappa shape index (κ1) is 21.6. The summed E-state index contributed by atoms with van der Waals surface area (Å²) >= 11 is 1.47. The highest BCUT2D eigenvalue weighted by Crippen LogP contribution is 2.23. The van der Waals surface area contributed by atoms with E-state index in [9.17, 15) is 9.59 Å². The second-order valence-corrected chi connectivity index (χ2v) is 7.26. The van der Waals surface area contributed by atoms with Crippen molar-refractivity contribution in [2.75, 3.05) is 31.2 Å². The van der Waals surface area contributed by atoms with Crippen LogP contribution >= 0.6 is 11.8 Å². The first-order valence-corrected chi connectivity index (χ1v) is 11.0. The van der Waals surface area contributed by atoms with Crippen molar-refractivity contribution in [3.8, 4) is 0 Å². The highest BCUT2D eigenvalue weighted by atomic mass is 32.2. The SMILES string of the molecule is CCCNc1nc(SC)nc2c1cnn2CCNC(=O)CNC(=O)c1ccccc1. The molecule has 0 aliphatic rings. The number of nitrogens with one attached hydrogen (secondary N) is 3. The Morgan fingerprint density at radius 3 is 2.63 bits per heavy atom. The number of fused-ring (bicyclic) bond motifs is 1. The maximum absolute atomic E-state index is 12.0. The molecule has 0 aliphatic carbocycles. The second kappa shape index (κ2) is 10.6. The lowest BCUT2D eigenvalue weighted by Gasteiger charge is -2.09. The van der Waals surface area contributed by atoms with E-state index in [-0.39, 0.29) is 18.4 Å². The zero-order chi connectivity index (χ0) is 21.3. The zero-order valence-electron chi connectivity index (χ0n) is 17.0. The molecule has 0 radical (unpaired) electrons. The van der Waals surface area contributed by atoms with E-state index in [0.717, 1.165) is 29.8 Å². The molecule has 10 heteroatoms. The molecule has 30 heavy (non-hydrogen) atoms. The molecule has 2 heterocycles. The van der Waals surface area contributed by atoms with Gasteiger partial charge in [-0.3, -0.25) is 9.59 Å². The molecule has 0 fully saturated rings. The van der Waals surface area contributed by atoms with Crippen LogP contribution in [0.2, 0.25) is 0 Å². The van der Waals surface area contributed by atoms with Gasteiger partial charge in [0.2, 0.25) is 5.91 Å².